The zero-order valence-electron chi connectivity index (χ0n) is 19.3. The first-order valence-corrected chi connectivity index (χ1v) is 10.6. The molecular formula is C24H30O9. The van der Waals surface area contributed by atoms with Gasteiger partial charge in [-0.05, 0) is 37.1 Å². The Labute approximate surface area is 192 Å². The van der Waals surface area contributed by atoms with Gasteiger partial charge in [0, 0.05) is 37.8 Å². The van der Waals surface area contributed by atoms with Crippen LogP contribution in [-0.2, 0) is 38.1 Å². The number of hydrogen-bond donors (Lipinski definition) is 1. The van der Waals surface area contributed by atoms with E-state index in [1.807, 2.05) is 0 Å². The summed E-state index contributed by atoms with van der Waals surface area (Å²) in [4.78, 5) is 48.0. The van der Waals surface area contributed by atoms with Gasteiger partial charge in [0.15, 0.2) is 0 Å². The molecule has 0 aromatic carbocycles. The topological polar surface area (TPSA) is 125 Å². The van der Waals surface area contributed by atoms with Crippen molar-refractivity contribution in [3.05, 3.63) is 47.1 Å². The zero-order valence-corrected chi connectivity index (χ0v) is 19.3. The molecule has 4 atom stereocenters. The highest BCUT2D eigenvalue weighted by Crippen LogP contribution is 2.37. The molecule has 1 heterocycles. The van der Waals surface area contributed by atoms with Gasteiger partial charge < -0.3 is 24.1 Å². The van der Waals surface area contributed by atoms with Crippen molar-refractivity contribution in [1.82, 2.24) is 0 Å². The average molecular weight is 462 g/mol. The number of fused-ring (bicyclic) bond motifs is 1. The molecule has 0 bridgehead atoms. The number of carbonyl (C=O) groups excluding carboxylic acids is 4. The Balaban J connectivity index is 2.50. The Morgan fingerprint density at radius 1 is 1.21 bits per heavy atom. The Morgan fingerprint density at radius 3 is 2.52 bits per heavy atom. The van der Waals surface area contributed by atoms with Gasteiger partial charge in [-0.3, -0.25) is 9.59 Å². The quantitative estimate of drug-likeness (QED) is 0.273. The van der Waals surface area contributed by atoms with Crippen molar-refractivity contribution in [2.45, 2.75) is 58.8 Å². The highest BCUT2D eigenvalue weighted by atomic mass is 16.6. The van der Waals surface area contributed by atoms with E-state index < -0.39 is 48.1 Å². The first-order chi connectivity index (χ1) is 15.5. The molecule has 9 heteroatoms. The molecule has 0 amide bonds. The average Bonchev–Trinajstić information content (AvgIpc) is 3.00. The molecule has 0 aromatic heterocycles. The SMILES string of the molecule is C=C1C(=O)O[C@@H]2/C=C(/C)C(OC(C)=O)C/C=C(/COC(C)=O)CC(OC(=O)/C(C)=C/CO)[C@@H]12. The van der Waals surface area contributed by atoms with Gasteiger partial charge in [-0.2, -0.15) is 0 Å². The lowest BCUT2D eigenvalue weighted by atomic mass is 9.85. The first-order valence-electron chi connectivity index (χ1n) is 10.6. The minimum atomic E-state index is -0.861. The van der Waals surface area contributed by atoms with Crippen molar-refractivity contribution >= 4 is 23.9 Å². The van der Waals surface area contributed by atoms with Crippen molar-refractivity contribution in [3.63, 3.8) is 0 Å². The second-order valence-electron chi connectivity index (χ2n) is 8.03. The summed E-state index contributed by atoms with van der Waals surface area (Å²) in [5.41, 5.74) is 1.61. The molecule has 0 aromatic rings. The Kier molecular flexibility index (Phi) is 9.16. The third-order valence-electron chi connectivity index (χ3n) is 5.43. The molecular weight excluding hydrogens is 432 g/mol. The van der Waals surface area contributed by atoms with Gasteiger partial charge in [-0.25, -0.2) is 9.59 Å². The molecule has 9 nitrogen and oxygen atoms in total. The number of carbonyl (C=O) groups is 4. The van der Waals surface area contributed by atoms with Crippen LogP contribution in [-0.4, -0.2) is 60.5 Å². The maximum absolute atomic E-state index is 12.6. The fourth-order valence-electron chi connectivity index (χ4n) is 3.69. The largest absolute Gasteiger partial charge is 0.461 e. The van der Waals surface area contributed by atoms with Gasteiger partial charge in [-0.1, -0.05) is 12.7 Å². The Hall–Kier alpha value is -3.20. The number of esters is 4. The van der Waals surface area contributed by atoms with Crippen LogP contribution in [0.15, 0.2) is 47.1 Å². The van der Waals surface area contributed by atoms with Crippen LogP contribution in [0.1, 0.15) is 40.5 Å². The number of hydrogen-bond acceptors (Lipinski definition) is 9. The molecule has 33 heavy (non-hydrogen) atoms. The standard InChI is InChI=1S/C24H30O9/c1-13(8-9-25)23(28)32-21-11-18(12-30-16(4)26)6-7-19(31-17(5)27)14(2)10-20-22(21)15(3)24(29)33-20/h6,8,10,19-22,25H,3,7,9,11-12H2,1-2,4-5H3/b13-8+,14-10-,18-6+/t19?,20-,21?,22+/m1/s1. The van der Waals surface area contributed by atoms with Crippen molar-refractivity contribution in [2.75, 3.05) is 13.2 Å². The molecule has 2 aliphatic rings. The van der Waals surface area contributed by atoms with Crippen LogP contribution in [0.5, 0.6) is 0 Å². The summed E-state index contributed by atoms with van der Waals surface area (Å²) in [5.74, 6) is -2.95. The number of aliphatic hydroxyl groups excluding tert-OH is 1. The van der Waals surface area contributed by atoms with Gasteiger partial charge in [0.05, 0.1) is 12.5 Å². The summed E-state index contributed by atoms with van der Waals surface area (Å²) in [7, 11) is 0. The number of rotatable bonds is 6. The van der Waals surface area contributed by atoms with E-state index in [2.05, 4.69) is 6.58 Å². The maximum atomic E-state index is 12.6. The Bertz CT molecular complexity index is 909. The fourth-order valence-corrected chi connectivity index (χ4v) is 3.69. The lowest BCUT2D eigenvalue weighted by Crippen LogP contribution is -2.35. The van der Waals surface area contributed by atoms with Crippen LogP contribution < -0.4 is 0 Å². The van der Waals surface area contributed by atoms with Gasteiger partial charge in [0.2, 0.25) is 0 Å². The van der Waals surface area contributed by atoms with E-state index in [1.54, 1.807) is 19.1 Å². The second-order valence-corrected chi connectivity index (χ2v) is 8.03. The number of ether oxygens (including phenoxy) is 4. The summed E-state index contributed by atoms with van der Waals surface area (Å²) in [5, 5.41) is 9.09. The van der Waals surface area contributed by atoms with Gasteiger partial charge in [-0.15, -0.1) is 0 Å². The van der Waals surface area contributed by atoms with Crippen molar-refractivity contribution < 1.29 is 43.2 Å². The zero-order chi connectivity index (χ0) is 24.7. The third-order valence-corrected chi connectivity index (χ3v) is 5.43. The normalized spacial score (nSPS) is 28.9. The molecule has 1 N–H and O–H groups in total. The van der Waals surface area contributed by atoms with Gasteiger partial charge in [0.1, 0.15) is 24.9 Å². The van der Waals surface area contributed by atoms with Crippen molar-refractivity contribution in [1.29, 1.82) is 0 Å². The van der Waals surface area contributed by atoms with E-state index in [0.717, 1.165) is 0 Å². The monoisotopic (exact) mass is 462 g/mol. The van der Waals surface area contributed by atoms with Crippen LogP contribution in [0.4, 0.5) is 0 Å². The van der Waals surface area contributed by atoms with E-state index in [1.165, 1.54) is 26.8 Å². The Morgan fingerprint density at radius 2 is 1.91 bits per heavy atom. The van der Waals surface area contributed by atoms with Crippen LogP contribution in [0.2, 0.25) is 0 Å². The predicted octanol–water partition coefficient (Wildman–Crippen LogP) is 2.10. The van der Waals surface area contributed by atoms with Crippen LogP contribution in [0.3, 0.4) is 0 Å². The van der Waals surface area contributed by atoms with Crippen LogP contribution in [0.25, 0.3) is 0 Å². The highest BCUT2D eigenvalue weighted by molar-refractivity contribution is 5.92. The molecule has 2 rings (SSSR count). The molecule has 1 aliphatic heterocycles. The molecule has 0 radical (unpaired) electrons. The highest BCUT2D eigenvalue weighted by Gasteiger charge is 2.45. The summed E-state index contributed by atoms with van der Waals surface area (Å²) in [6.07, 6.45) is 2.90. The molecule has 0 saturated carbocycles. The molecule has 0 spiro atoms. The maximum Gasteiger partial charge on any atom is 0.334 e. The second kappa shape index (κ2) is 11.6. The molecule has 180 valence electrons. The molecule has 2 unspecified atom stereocenters. The fraction of sp³-hybridized carbons (Fsp3) is 0.500. The van der Waals surface area contributed by atoms with Crippen molar-refractivity contribution in [2.24, 2.45) is 5.92 Å². The lowest BCUT2D eigenvalue weighted by Gasteiger charge is -2.29. The van der Waals surface area contributed by atoms with Gasteiger partial charge >= 0.3 is 23.9 Å². The van der Waals surface area contributed by atoms with Crippen LogP contribution in [0, 0.1) is 5.92 Å². The van der Waals surface area contributed by atoms with E-state index in [-0.39, 0.29) is 37.2 Å². The van der Waals surface area contributed by atoms with E-state index in [0.29, 0.717) is 11.1 Å². The minimum absolute atomic E-state index is 0.0664. The van der Waals surface area contributed by atoms with E-state index in [4.69, 9.17) is 24.1 Å². The summed E-state index contributed by atoms with van der Waals surface area (Å²) in [6, 6.07) is 0. The van der Waals surface area contributed by atoms with Gasteiger partial charge in [0.25, 0.3) is 0 Å². The summed E-state index contributed by atoms with van der Waals surface area (Å²) in [6.45, 7) is 9.26. The number of aliphatic hydroxyl groups is 1. The van der Waals surface area contributed by atoms with Crippen molar-refractivity contribution in [3.8, 4) is 0 Å². The van der Waals surface area contributed by atoms with E-state index in [9.17, 15) is 19.2 Å². The smallest absolute Gasteiger partial charge is 0.334 e. The summed E-state index contributed by atoms with van der Waals surface area (Å²) < 4.78 is 21.8. The molecule has 1 fully saturated rings. The minimum Gasteiger partial charge on any atom is -0.461 e. The summed E-state index contributed by atoms with van der Waals surface area (Å²) >= 11 is 0. The predicted molar refractivity (Wildman–Crippen MR) is 116 cm³/mol. The first kappa shape index (κ1) is 26.1. The lowest BCUT2D eigenvalue weighted by molar-refractivity contribution is -0.148. The van der Waals surface area contributed by atoms with E-state index >= 15 is 0 Å². The molecule has 1 saturated heterocycles. The third kappa shape index (κ3) is 7.15. The molecule has 1 aliphatic carbocycles. The van der Waals surface area contributed by atoms with Crippen LogP contribution >= 0.6 is 0 Å².